The number of nitroso groups, excluding NO2 is 1. The van der Waals surface area contributed by atoms with Crippen molar-refractivity contribution in [1.29, 1.82) is 0 Å². The largest absolute Gasteiger partial charge is 0.442 e. The van der Waals surface area contributed by atoms with Gasteiger partial charge in [-0.25, -0.2) is 9.18 Å². The van der Waals surface area contributed by atoms with Gasteiger partial charge in [0.2, 0.25) is 5.82 Å². The molecule has 1 aromatic carbocycles. The number of benzene rings is 1. The van der Waals surface area contributed by atoms with Crippen LogP contribution < -0.4 is 4.90 Å². The van der Waals surface area contributed by atoms with Crippen LogP contribution in [0.15, 0.2) is 41.7 Å². The molecule has 1 fully saturated rings. The third-order valence-corrected chi connectivity index (χ3v) is 5.90. The van der Waals surface area contributed by atoms with E-state index in [4.69, 9.17) is 4.74 Å². The highest BCUT2D eigenvalue weighted by Gasteiger charge is 2.32. The molecule has 4 rings (SSSR count). The minimum atomic E-state index is -0.634. The molecule has 2 aromatic heterocycles. The molecule has 1 amide bonds. The van der Waals surface area contributed by atoms with E-state index in [-0.39, 0.29) is 13.1 Å². The summed E-state index contributed by atoms with van der Waals surface area (Å²) in [5.41, 5.74) is 1.78. The van der Waals surface area contributed by atoms with Crippen molar-refractivity contribution in [3.63, 3.8) is 0 Å². The van der Waals surface area contributed by atoms with Gasteiger partial charge >= 0.3 is 6.09 Å². The summed E-state index contributed by atoms with van der Waals surface area (Å²) in [6, 6.07) is 7.90. The Morgan fingerprint density at radius 1 is 1.23 bits per heavy atom. The summed E-state index contributed by atoms with van der Waals surface area (Å²) in [5.74, 6) is -0.110. The molecule has 0 radical (unpaired) electrons. The van der Waals surface area contributed by atoms with Gasteiger partial charge in [0.15, 0.2) is 0 Å². The van der Waals surface area contributed by atoms with Crippen LogP contribution in [0.3, 0.4) is 0 Å². The molecule has 0 N–H and O–H groups in total. The Morgan fingerprint density at radius 3 is 2.74 bits per heavy atom. The Morgan fingerprint density at radius 2 is 2.06 bits per heavy atom. The van der Waals surface area contributed by atoms with E-state index in [0.29, 0.717) is 34.9 Å². The van der Waals surface area contributed by atoms with Gasteiger partial charge in [-0.05, 0) is 55.5 Å². The standard InChI is InChI=1S/C23H27FN8O3/c1-3-30(4-2)10-5-11-32-28-22(27-29-32)21-9-6-16(13-25-21)19-8-7-17(12-20(19)24)31-15-18(14-26-34)35-23(31)33/h6-9,12-13,18H,3-5,10-11,14-15H2,1-2H3/t18-/m0/s1. The molecule has 1 atom stereocenters. The number of cyclic esters (lactones) is 1. The molecule has 3 aromatic rings. The fraction of sp³-hybridized carbons (Fsp3) is 0.435. The summed E-state index contributed by atoms with van der Waals surface area (Å²) in [7, 11) is 0. The van der Waals surface area contributed by atoms with Crippen molar-refractivity contribution in [3.05, 3.63) is 47.3 Å². The number of carbonyl (C=O) groups is 1. The molecule has 0 aliphatic carbocycles. The Balaban J connectivity index is 1.41. The van der Waals surface area contributed by atoms with Gasteiger partial charge in [-0.2, -0.15) is 9.70 Å². The molecule has 0 saturated carbocycles. The van der Waals surface area contributed by atoms with E-state index in [1.165, 1.54) is 11.0 Å². The Bertz CT molecular complexity index is 1170. The summed E-state index contributed by atoms with van der Waals surface area (Å²) >= 11 is 0. The number of carbonyl (C=O) groups excluding carboxylic acids is 1. The number of aromatic nitrogens is 5. The highest BCUT2D eigenvalue weighted by molar-refractivity contribution is 5.90. The van der Waals surface area contributed by atoms with Crippen molar-refractivity contribution in [1.82, 2.24) is 30.1 Å². The lowest BCUT2D eigenvalue weighted by Crippen LogP contribution is -2.25. The minimum Gasteiger partial charge on any atom is -0.442 e. The summed E-state index contributed by atoms with van der Waals surface area (Å²) in [6.45, 7) is 7.93. The van der Waals surface area contributed by atoms with Crippen molar-refractivity contribution < 1.29 is 13.9 Å². The van der Waals surface area contributed by atoms with Crippen molar-refractivity contribution in [2.24, 2.45) is 5.18 Å². The van der Waals surface area contributed by atoms with Crippen molar-refractivity contribution >= 4 is 11.8 Å². The smallest absolute Gasteiger partial charge is 0.414 e. The second-order valence-corrected chi connectivity index (χ2v) is 8.11. The topological polar surface area (TPSA) is 119 Å². The van der Waals surface area contributed by atoms with Crippen LogP contribution in [0.5, 0.6) is 0 Å². The van der Waals surface area contributed by atoms with Crippen LogP contribution in [0.1, 0.15) is 20.3 Å². The molecule has 184 valence electrons. The fourth-order valence-corrected chi connectivity index (χ4v) is 3.92. The predicted molar refractivity (Wildman–Crippen MR) is 127 cm³/mol. The molecule has 0 unspecified atom stereocenters. The number of ether oxygens (including phenoxy) is 1. The summed E-state index contributed by atoms with van der Waals surface area (Å²) in [6.07, 6.45) is 1.20. The van der Waals surface area contributed by atoms with Crippen LogP contribution >= 0.6 is 0 Å². The highest BCUT2D eigenvalue weighted by Crippen LogP contribution is 2.29. The van der Waals surface area contributed by atoms with Crippen molar-refractivity contribution in [3.8, 4) is 22.6 Å². The number of amides is 1. The third kappa shape index (κ3) is 5.65. The van der Waals surface area contributed by atoms with E-state index >= 15 is 0 Å². The molecule has 1 aliphatic heterocycles. The molecule has 0 spiro atoms. The fourth-order valence-electron chi connectivity index (χ4n) is 3.92. The number of tetrazole rings is 1. The first-order valence-corrected chi connectivity index (χ1v) is 11.6. The number of pyridine rings is 1. The summed E-state index contributed by atoms with van der Waals surface area (Å²) < 4.78 is 20.0. The number of nitrogens with zero attached hydrogens (tertiary/aromatic N) is 8. The zero-order valence-electron chi connectivity index (χ0n) is 19.7. The highest BCUT2D eigenvalue weighted by atomic mass is 19.1. The number of hydrogen-bond acceptors (Lipinski definition) is 9. The van der Waals surface area contributed by atoms with Gasteiger partial charge in [-0.3, -0.25) is 9.88 Å². The third-order valence-electron chi connectivity index (χ3n) is 5.90. The summed E-state index contributed by atoms with van der Waals surface area (Å²) in [5, 5.41) is 15.3. The number of hydrogen-bond donors (Lipinski definition) is 0. The first-order valence-electron chi connectivity index (χ1n) is 11.6. The van der Waals surface area contributed by atoms with E-state index in [1.807, 2.05) is 0 Å². The van der Waals surface area contributed by atoms with Crippen molar-refractivity contribution in [2.75, 3.05) is 37.6 Å². The second-order valence-electron chi connectivity index (χ2n) is 8.11. The van der Waals surface area contributed by atoms with Gasteiger partial charge in [-0.15, -0.1) is 10.2 Å². The molecule has 12 heteroatoms. The molecule has 3 heterocycles. The maximum absolute atomic E-state index is 14.9. The lowest BCUT2D eigenvalue weighted by molar-refractivity contribution is 0.145. The van der Waals surface area contributed by atoms with Crippen LogP contribution in [0.4, 0.5) is 14.9 Å². The van der Waals surface area contributed by atoms with E-state index < -0.39 is 18.0 Å². The number of halogens is 1. The van der Waals surface area contributed by atoms with Crippen LogP contribution in [0.25, 0.3) is 22.6 Å². The number of anilines is 1. The molecular weight excluding hydrogens is 455 g/mol. The number of aryl methyl sites for hydroxylation is 1. The van der Waals surface area contributed by atoms with Crippen LogP contribution in [0, 0.1) is 10.7 Å². The molecular formula is C23H27FN8O3. The van der Waals surface area contributed by atoms with E-state index in [0.717, 1.165) is 26.1 Å². The van der Waals surface area contributed by atoms with Crippen LogP contribution in [-0.2, 0) is 11.3 Å². The monoisotopic (exact) mass is 482 g/mol. The Labute approximate surface area is 201 Å². The van der Waals surface area contributed by atoms with Gasteiger partial charge in [-0.1, -0.05) is 25.1 Å². The van der Waals surface area contributed by atoms with Gasteiger partial charge in [0.1, 0.15) is 24.2 Å². The van der Waals surface area contributed by atoms with E-state index in [2.05, 4.69) is 44.3 Å². The predicted octanol–water partition coefficient (Wildman–Crippen LogP) is 3.36. The quantitative estimate of drug-likeness (QED) is 0.382. The number of rotatable bonds is 11. The average Bonchev–Trinajstić information content (AvgIpc) is 3.49. The van der Waals surface area contributed by atoms with Gasteiger partial charge < -0.3 is 9.64 Å². The zero-order chi connectivity index (χ0) is 24.8. The maximum Gasteiger partial charge on any atom is 0.414 e. The molecule has 11 nitrogen and oxygen atoms in total. The van der Waals surface area contributed by atoms with E-state index in [9.17, 15) is 14.1 Å². The van der Waals surface area contributed by atoms with Gasteiger partial charge in [0, 0.05) is 17.3 Å². The van der Waals surface area contributed by atoms with E-state index in [1.54, 1.807) is 35.3 Å². The lowest BCUT2D eigenvalue weighted by atomic mass is 10.1. The van der Waals surface area contributed by atoms with Crippen LogP contribution in [0.2, 0.25) is 0 Å². The van der Waals surface area contributed by atoms with Gasteiger partial charge in [0.25, 0.3) is 0 Å². The summed E-state index contributed by atoms with van der Waals surface area (Å²) in [4.78, 5) is 32.0. The van der Waals surface area contributed by atoms with Crippen molar-refractivity contribution in [2.45, 2.75) is 32.9 Å². The zero-order valence-corrected chi connectivity index (χ0v) is 19.7. The van der Waals surface area contributed by atoms with Crippen LogP contribution in [-0.4, -0.2) is 75.0 Å². The maximum atomic E-state index is 14.9. The molecule has 35 heavy (non-hydrogen) atoms. The minimum absolute atomic E-state index is 0.139. The normalized spacial score (nSPS) is 15.6. The van der Waals surface area contributed by atoms with Gasteiger partial charge in [0.05, 0.1) is 18.8 Å². The molecule has 1 saturated heterocycles. The first kappa shape index (κ1) is 24.3. The Kier molecular flexibility index (Phi) is 7.70. The lowest BCUT2D eigenvalue weighted by Gasteiger charge is -2.16. The molecule has 0 bridgehead atoms. The first-order chi connectivity index (χ1) is 17.0. The average molecular weight is 483 g/mol. The second kappa shape index (κ2) is 11.1. The SMILES string of the molecule is CCN(CC)CCCn1nnc(-c2ccc(-c3ccc(N4C[C@H](CN=O)OC4=O)cc3F)cn2)n1. The Hall–Kier alpha value is -3.80. The molecule has 1 aliphatic rings.